The van der Waals surface area contributed by atoms with E-state index in [1.807, 2.05) is 12.1 Å². The fraction of sp³-hybridized carbons (Fsp3) is 0.111. The number of methoxy groups -OCH3 is 1. The SMILES string of the molecule is COc1ccc(-c2nnsc2C(=O)Nc2ccc(NC(C)=O)cc2)cc1. The summed E-state index contributed by atoms with van der Waals surface area (Å²) >= 11 is 1.03. The van der Waals surface area contributed by atoms with Gasteiger partial charge in [0.05, 0.1) is 7.11 Å². The third kappa shape index (κ3) is 4.04. The predicted octanol–water partition coefficient (Wildman–Crippen LogP) is 3.42. The quantitative estimate of drug-likeness (QED) is 0.720. The number of carbonyl (C=O) groups is 2. The molecule has 1 aromatic heterocycles. The largest absolute Gasteiger partial charge is 0.497 e. The molecule has 0 unspecified atom stereocenters. The van der Waals surface area contributed by atoms with Gasteiger partial charge in [0.15, 0.2) is 0 Å². The monoisotopic (exact) mass is 368 g/mol. The second kappa shape index (κ2) is 7.75. The Kier molecular flexibility index (Phi) is 5.23. The lowest BCUT2D eigenvalue weighted by atomic mass is 10.1. The molecule has 2 aromatic carbocycles. The molecule has 0 atom stereocenters. The van der Waals surface area contributed by atoms with Crippen LogP contribution in [0.5, 0.6) is 5.75 Å². The van der Waals surface area contributed by atoms with Crippen molar-refractivity contribution in [2.45, 2.75) is 6.92 Å². The van der Waals surface area contributed by atoms with Gasteiger partial charge >= 0.3 is 0 Å². The second-order valence-corrected chi connectivity index (χ2v) is 6.15. The van der Waals surface area contributed by atoms with Crippen molar-refractivity contribution in [3.8, 4) is 17.0 Å². The van der Waals surface area contributed by atoms with Gasteiger partial charge in [-0.15, -0.1) is 5.10 Å². The van der Waals surface area contributed by atoms with E-state index in [0.717, 1.165) is 22.8 Å². The highest BCUT2D eigenvalue weighted by Gasteiger charge is 2.18. The molecule has 0 bridgehead atoms. The molecule has 26 heavy (non-hydrogen) atoms. The highest BCUT2D eigenvalue weighted by Crippen LogP contribution is 2.26. The van der Waals surface area contributed by atoms with Crippen molar-refractivity contribution in [1.29, 1.82) is 0 Å². The van der Waals surface area contributed by atoms with Crippen LogP contribution in [-0.2, 0) is 4.79 Å². The van der Waals surface area contributed by atoms with E-state index < -0.39 is 0 Å². The van der Waals surface area contributed by atoms with Gasteiger partial charge in [0.2, 0.25) is 5.91 Å². The fourth-order valence-corrected chi connectivity index (χ4v) is 2.89. The number of carbonyl (C=O) groups excluding carboxylic acids is 2. The molecule has 2 N–H and O–H groups in total. The molecule has 2 amide bonds. The van der Waals surface area contributed by atoms with Crippen molar-refractivity contribution in [3.05, 3.63) is 53.4 Å². The molecule has 1 heterocycles. The molecule has 3 aromatic rings. The summed E-state index contributed by atoms with van der Waals surface area (Å²) in [5, 5.41) is 9.56. The Morgan fingerprint density at radius 2 is 1.58 bits per heavy atom. The fourth-order valence-electron chi connectivity index (χ4n) is 2.31. The van der Waals surface area contributed by atoms with Gasteiger partial charge in [-0.05, 0) is 60.1 Å². The minimum atomic E-state index is -0.293. The lowest BCUT2D eigenvalue weighted by molar-refractivity contribution is -0.114. The van der Waals surface area contributed by atoms with Crippen LogP contribution in [-0.4, -0.2) is 28.5 Å². The van der Waals surface area contributed by atoms with Crippen LogP contribution in [0.3, 0.4) is 0 Å². The van der Waals surface area contributed by atoms with Crippen LogP contribution < -0.4 is 15.4 Å². The van der Waals surface area contributed by atoms with Crippen LogP contribution in [0.1, 0.15) is 16.6 Å². The number of aromatic nitrogens is 2. The maximum absolute atomic E-state index is 12.6. The third-order valence-electron chi connectivity index (χ3n) is 3.52. The molecule has 7 nitrogen and oxygen atoms in total. The Morgan fingerprint density at radius 3 is 2.15 bits per heavy atom. The van der Waals surface area contributed by atoms with Crippen LogP contribution in [0.25, 0.3) is 11.3 Å². The van der Waals surface area contributed by atoms with Crippen molar-refractivity contribution in [2.24, 2.45) is 0 Å². The highest BCUT2D eigenvalue weighted by atomic mass is 32.1. The summed E-state index contributed by atoms with van der Waals surface area (Å²) in [6.45, 7) is 1.44. The Bertz CT molecular complexity index is 920. The summed E-state index contributed by atoms with van der Waals surface area (Å²) in [6.07, 6.45) is 0. The van der Waals surface area contributed by atoms with Gasteiger partial charge in [0.1, 0.15) is 16.3 Å². The first-order valence-electron chi connectivity index (χ1n) is 7.72. The first kappa shape index (κ1) is 17.6. The molecular formula is C18H16N4O3S. The molecule has 0 aliphatic heterocycles. The smallest absolute Gasteiger partial charge is 0.269 e. The highest BCUT2D eigenvalue weighted by molar-refractivity contribution is 7.08. The lowest BCUT2D eigenvalue weighted by Gasteiger charge is -2.07. The Hall–Kier alpha value is -3.26. The summed E-state index contributed by atoms with van der Waals surface area (Å²) in [5.41, 5.74) is 2.57. The van der Waals surface area contributed by atoms with Gasteiger partial charge in [-0.1, -0.05) is 4.49 Å². The van der Waals surface area contributed by atoms with E-state index in [-0.39, 0.29) is 11.8 Å². The van der Waals surface area contributed by atoms with E-state index in [9.17, 15) is 9.59 Å². The van der Waals surface area contributed by atoms with E-state index in [1.54, 1.807) is 43.5 Å². The number of benzene rings is 2. The van der Waals surface area contributed by atoms with Crippen molar-refractivity contribution >= 4 is 34.7 Å². The standard InChI is InChI=1S/C18H16N4O3S/c1-11(23)19-13-5-7-14(8-6-13)20-18(24)17-16(21-22-26-17)12-3-9-15(25-2)10-4-12/h3-10H,1-2H3,(H,19,23)(H,20,24). The zero-order chi connectivity index (χ0) is 18.5. The first-order chi connectivity index (χ1) is 12.6. The van der Waals surface area contributed by atoms with Crippen molar-refractivity contribution in [2.75, 3.05) is 17.7 Å². The summed E-state index contributed by atoms with van der Waals surface area (Å²) in [7, 11) is 1.59. The van der Waals surface area contributed by atoms with Gasteiger partial charge in [-0.2, -0.15) is 0 Å². The van der Waals surface area contributed by atoms with Gasteiger partial charge < -0.3 is 15.4 Å². The first-order valence-corrected chi connectivity index (χ1v) is 8.50. The van der Waals surface area contributed by atoms with Gasteiger partial charge in [-0.3, -0.25) is 9.59 Å². The minimum absolute atomic E-state index is 0.151. The Morgan fingerprint density at radius 1 is 0.962 bits per heavy atom. The van der Waals surface area contributed by atoms with Crippen LogP contribution in [0.15, 0.2) is 48.5 Å². The third-order valence-corrected chi connectivity index (χ3v) is 4.25. The molecule has 0 radical (unpaired) electrons. The summed E-state index contributed by atoms with van der Waals surface area (Å²) < 4.78 is 9.04. The number of rotatable bonds is 5. The van der Waals surface area contributed by atoms with Crippen LogP contribution in [0.2, 0.25) is 0 Å². The number of nitrogens with zero attached hydrogens (tertiary/aromatic N) is 2. The van der Waals surface area contributed by atoms with Crippen LogP contribution in [0.4, 0.5) is 11.4 Å². The Balaban J connectivity index is 1.76. The van der Waals surface area contributed by atoms with E-state index in [2.05, 4.69) is 20.2 Å². The number of hydrogen-bond acceptors (Lipinski definition) is 6. The summed E-state index contributed by atoms with van der Waals surface area (Å²) in [6, 6.07) is 14.1. The van der Waals surface area contributed by atoms with Crippen molar-refractivity contribution in [1.82, 2.24) is 9.59 Å². The average molecular weight is 368 g/mol. The molecule has 0 saturated heterocycles. The number of hydrogen-bond donors (Lipinski definition) is 2. The predicted molar refractivity (Wildman–Crippen MR) is 101 cm³/mol. The van der Waals surface area contributed by atoms with Crippen molar-refractivity contribution in [3.63, 3.8) is 0 Å². The number of ether oxygens (including phenoxy) is 1. The van der Waals surface area contributed by atoms with E-state index >= 15 is 0 Å². The zero-order valence-electron chi connectivity index (χ0n) is 14.1. The molecule has 0 saturated carbocycles. The van der Waals surface area contributed by atoms with Crippen molar-refractivity contribution < 1.29 is 14.3 Å². The lowest BCUT2D eigenvalue weighted by Crippen LogP contribution is -2.11. The summed E-state index contributed by atoms with van der Waals surface area (Å²) in [4.78, 5) is 24.0. The zero-order valence-corrected chi connectivity index (χ0v) is 15.0. The van der Waals surface area contributed by atoms with E-state index in [4.69, 9.17) is 4.74 Å². The Labute approximate surface area is 154 Å². The number of anilines is 2. The van der Waals surface area contributed by atoms with Gasteiger partial charge in [0, 0.05) is 23.9 Å². The average Bonchev–Trinajstić information content (AvgIpc) is 3.13. The molecule has 132 valence electrons. The topological polar surface area (TPSA) is 93.2 Å². The minimum Gasteiger partial charge on any atom is -0.497 e. The van der Waals surface area contributed by atoms with E-state index in [0.29, 0.717) is 21.9 Å². The molecular weight excluding hydrogens is 352 g/mol. The maximum Gasteiger partial charge on any atom is 0.269 e. The normalized spacial score (nSPS) is 10.2. The number of amides is 2. The molecule has 0 fully saturated rings. The molecule has 8 heteroatoms. The number of nitrogens with one attached hydrogen (secondary N) is 2. The van der Waals surface area contributed by atoms with Crippen LogP contribution in [0, 0.1) is 0 Å². The molecule has 0 aliphatic carbocycles. The second-order valence-electron chi connectivity index (χ2n) is 5.39. The van der Waals surface area contributed by atoms with Crippen LogP contribution >= 0.6 is 11.5 Å². The summed E-state index contributed by atoms with van der Waals surface area (Å²) in [5.74, 6) is 0.280. The molecule has 3 rings (SSSR count). The van der Waals surface area contributed by atoms with E-state index in [1.165, 1.54) is 6.92 Å². The molecule has 0 spiro atoms. The van der Waals surface area contributed by atoms with Gasteiger partial charge in [0.25, 0.3) is 5.91 Å². The molecule has 0 aliphatic rings. The maximum atomic E-state index is 12.6. The van der Waals surface area contributed by atoms with Gasteiger partial charge in [-0.25, -0.2) is 0 Å².